The molecular weight excluding hydrogens is 378 g/mol. The van der Waals surface area contributed by atoms with Crippen LogP contribution in [0, 0.1) is 5.41 Å². The topological polar surface area (TPSA) is 74.3 Å². The lowest BCUT2D eigenvalue weighted by atomic mass is 9.71. The Morgan fingerprint density at radius 1 is 1.13 bits per heavy atom. The van der Waals surface area contributed by atoms with Crippen LogP contribution in [0.15, 0.2) is 42.7 Å². The van der Waals surface area contributed by atoms with E-state index in [2.05, 4.69) is 43.0 Å². The van der Waals surface area contributed by atoms with E-state index in [1.165, 1.54) is 10.9 Å². The fraction of sp³-hybridized carbons (Fsp3) is 0.435. The van der Waals surface area contributed by atoms with Crippen LogP contribution in [0.25, 0.3) is 10.9 Å². The Balaban J connectivity index is 1.30. The molecule has 2 fully saturated rings. The Morgan fingerprint density at radius 3 is 2.80 bits per heavy atom. The highest BCUT2D eigenvalue weighted by Gasteiger charge is 2.45. The lowest BCUT2D eigenvalue weighted by Crippen LogP contribution is -2.53. The summed E-state index contributed by atoms with van der Waals surface area (Å²) in [6, 6.07) is 10.6. The number of H-pyrrole nitrogens is 1. The van der Waals surface area contributed by atoms with Crippen LogP contribution in [0.4, 0.5) is 5.82 Å². The Hall–Kier alpha value is -3.09. The van der Waals surface area contributed by atoms with Crippen LogP contribution in [0.3, 0.4) is 0 Å². The van der Waals surface area contributed by atoms with Gasteiger partial charge in [-0.25, -0.2) is 4.98 Å². The molecule has 0 aliphatic carbocycles. The second-order valence-corrected chi connectivity index (χ2v) is 8.36. The Morgan fingerprint density at radius 2 is 1.97 bits per heavy atom. The van der Waals surface area contributed by atoms with Gasteiger partial charge in [0.15, 0.2) is 0 Å². The first-order chi connectivity index (χ1) is 14.7. The van der Waals surface area contributed by atoms with Crippen LogP contribution in [0.2, 0.25) is 0 Å². The van der Waals surface area contributed by atoms with Gasteiger partial charge in [-0.2, -0.15) is 4.98 Å². The van der Waals surface area contributed by atoms with Crippen LogP contribution in [0.5, 0.6) is 6.01 Å². The minimum Gasteiger partial charge on any atom is -0.467 e. The molecule has 0 radical (unpaired) electrons. The molecular formula is C23H27N5O2. The number of hydrogen-bond donors (Lipinski definition) is 1. The number of nitrogens with one attached hydrogen (secondary N) is 1. The number of nitrogens with zero attached hydrogens (tertiary/aromatic N) is 4. The monoisotopic (exact) mass is 405 g/mol. The number of benzene rings is 1. The molecule has 0 atom stereocenters. The third-order valence-electron chi connectivity index (χ3n) is 6.71. The number of para-hydroxylation sites is 1. The zero-order chi connectivity index (χ0) is 20.6. The molecule has 2 aromatic heterocycles. The fourth-order valence-corrected chi connectivity index (χ4v) is 5.01. The minimum absolute atomic E-state index is 0.238. The molecule has 2 aliphatic rings. The fourth-order valence-electron chi connectivity index (χ4n) is 5.01. The van der Waals surface area contributed by atoms with Gasteiger partial charge in [0.05, 0.1) is 12.5 Å². The van der Waals surface area contributed by atoms with Crippen molar-refractivity contribution in [3.05, 3.63) is 48.3 Å². The standard InChI is InChI=1S/C23H27N5O2/c1-30-22-24-11-7-20(26-22)27-13-9-23(10-14-27)8-4-12-28(21(23)29)16-17-15-25-19-6-3-2-5-18(17)19/h2-3,5-7,11,15,25H,4,8-10,12-14,16H2,1H3. The van der Waals surface area contributed by atoms with E-state index >= 15 is 0 Å². The SMILES string of the molecule is COc1nccc(N2CCC3(CCCN(Cc4c[nH]c5ccccc45)C3=O)CC2)n1. The molecule has 7 nitrogen and oxygen atoms in total. The number of carbonyl (C=O) groups excluding carboxylic acids is 1. The highest BCUT2D eigenvalue weighted by atomic mass is 16.5. The first-order valence-corrected chi connectivity index (χ1v) is 10.6. The largest absolute Gasteiger partial charge is 0.467 e. The van der Waals surface area contributed by atoms with Crippen molar-refractivity contribution in [1.82, 2.24) is 19.9 Å². The smallest absolute Gasteiger partial charge is 0.318 e. The maximum Gasteiger partial charge on any atom is 0.318 e. The number of anilines is 1. The van der Waals surface area contributed by atoms with Crippen molar-refractivity contribution in [3.8, 4) is 6.01 Å². The first kappa shape index (κ1) is 18.9. The molecule has 4 heterocycles. The average Bonchev–Trinajstić information content (AvgIpc) is 3.20. The van der Waals surface area contributed by atoms with Crippen molar-refractivity contribution in [2.24, 2.45) is 5.41 Å². The van der Waals surface area contributed by atoms with Crippen molar-refractivity contribution in [1.29, 1.82) is 0 Å². The molecule has 1 aromatic carbocycles. The lowest BCUT2D eigenvalue weighted by Gasteiger charge is -2.46. The van der Waals surface area contributed by atoms with E-state index in [1.807, 2.05) is 18.3 Å². The number of aromatic nitrogens is 3. The lowest BCUT2D eigenvalue weighted by molar-refractivity contribution is -0.148. The van der Waals surface area contributed by atoms with Gasteiger partial charge in [-0.15, -0.1) is 0 Å². The first-order valence-electron chi connectivity index (χ1n) is 10.6. The van der Waals surface area contributed by atoms with Crippen molar-refractivity contribution in [3.63, 3.8) is 0 Å². The third kappa shape index (κ3) is 3.28. The summed E-state index contributed by atoms with van der Waals surface area (Å²) in [5, 5.41) is 1.21. The van der Waals surface area contributed by atoms with Crippen molar-refractivity contribution in [2.45, 2.75) is 32.2 Å². The zero-order valence-electron chi connectivity index (χ0n) is 17.3. The second-order valence-electron chi connectivity index (χ2n) is 8.36. The quantitative estimate of drug-likeness (QED) is 0.720. The number of amides is 1. The van der Waals surface area contributed by atoms with Crippen LogP contribution in [-0.4, -0.2) is 52.5 Å². The average molecular weight is 406 g/mol. The Labute approximate surface area is 176 Å². The third-order valence-corrected chi connectivity index (χ3v) is 6.71. The Kier molecular flexibility index (Phi) is 4.81. The molecule has 0 saturated carbocycles. The number of piperidine rings is 2. The number of aromatic amines is 1. The zero-order valence-corrected chi connectivity index (χ0v) is 17.3. The molecule has 3 aromatic rings. The van der Waals surface area contributed by atoms with Gasteiger partial charge in [0.25, 0.3) is 0 Å². The second kappa shape index (κ2) is 7.63. The van der Waals surface area contributed by atoms with E-state index < -0.39 is 0 Å². The molecule has 1 amide bonds. The van der Waals surface area contributed by atoms with E-state index in [4.69, 9.17) is 4.74 Å². The van der Waals surface area contributed by atoms with Crippen molar-refractivity contribution < 1.29 is 9.53 Å². The van der Waals surface area contributed by atoms with E-state index in [0.29, 0.717) is 18.5 Å². The number of carbonyl (C=O) groups is 1. The maximum atomic E-state index is 13.6. The van der Waals surface area contributed by atoms with Gasteiger partial charge in [-0.3, -0.25) is 4.79 Å². The number of methoxy groups -OCH3 is 1. The molecule has 2 saturated heterocycles. The summed E-state index contributed by atoms with van der Waals surface area (Å²) >= 11 is 0. The molecule has 1 spiro atoms. The van der Waals surface area contributed by atoms with Gasteiger partial charge in [-0.1, -0.05) is 18.2 Å². The van der Waals surface area contributed by atoms with Crippen molar-refractivity contribution >= 4 is 22.6 Å². The summed E-state index contributed by atoms with van der Waals surface area (Å²) in [7, 11) is 1.58. The molecule has 5 rings (SSSR count). The van der Waals surface area contributed by atoms with Gasteiger partial charge in [0.2, 0.25) is 5.91 Å². The molecule has 0 unspecified atom stereocenters. The van der Waals surface area contributed by atoms with E-state index in [-0.39, 0.29) is 5.41 Å². The molecule has 30 heavy (non-hydrogen) atoms. The number of likely N-dealkylation sites (tertiary alicyclic amines) is 1. The number of fused-ring (bicyclic) bond motifs is 1. The molecule has 2 aliphatic heterocycles. The van der Waals surface area contributed by atoms with Crippen molar-refractivity contribution in [2.75, 3.05) is 31.6 Å². The normalized spacial score (nSPS) is 18.9. The summed E-state index contributed by atoms with van der Waals surface area (Å²) in [5.74, 6) is 1.19. The van der Waals surface area contributed by atoms with E-state index in [9.17, 15) is 4.79 Å². The van der Waals surface area contributed by atoms with Gasteiger partial charge in [-0.05, 0) is 43.4 Å². The van der Waals surface area contributed by atoms with Gasteiger partial charge in [0.1, 0.15) is 5.82 Å². The van der Waals surface area contributed by atoms with Crippen LogP contribution in [-0.2, 0) is 11.3 Å². The van der Waals surface area contributed by atoms with Crippen LogP contribution in [0.1, 0.15) is 31.2 Å². The van der Waals surface area contributed by atoms with E-state index in [0.717, 1.165) is 56.7 Å². The summed E-state index contributed by atoms with van der Waals surface area (Å²) in [6.45, 7) is 3.17. The highest BCUT2D eigenvalue weighted by Crippen LogP contribution is 2.42. The summed E-state index contributed by atoms with van der Waals surface area (Å²) in [4.78, 5) is 29.7. The summed E-state index contributed by atoms with van der Waals surface area (Å²) in [5.41, 5.74) is 2.08. The number of hydrogen-bond acceptors (Lipinski definition) is 5. The minimum atomic E-state index is -0.238. The Bertz CT molecular complexity index is 1050. The molecule has 156 valence electrons. The van der Waals surface area contributed by atoms with Crippen LogP contribution < -0.4 is 9.64 Å². The number of rotatable bonds is 4. The van der Waals surface area contributed by atoms with Gasteiger partial charge in [0, 0.05) is 49.5 Å². The molecule has 7 heteroatoms. The summed E-state index contributed by atoms with van der Waals surface area (Å²) < 4.78 is 5.15. The molecule has 1 N–H and O–H groups in total. The summed E-state index contributed by atoms with van der Waals surface area (Å²) in [6.07, 6.45) is 7.54. The predicted molar refractivity (Wildman–Crippen MR) is 115 cm³/mol. The highest BCUT2D eigenvalue weighted by molar-refractivity contribution is 5.86. The van der Waals surface area contributed by atoms with Crippen LogP contribution >= 0.6 is 0 Å². The van der Waals surface area contributed by atoms with Gasteiger partial charge >= 0.3 is 6.01 Å². The van der Waals surface area contributed by atoms with Gasteiger partial charge < -0.3 is 19.5 Å². The molecule has 0 bridgehead atoms. The predicted octanol–water partition coefficient (Wildman–Crippen LogP) is 3.38. The van der Waals surface area contributed by atoms with E-state index in [1.54, 1.807) is 13.3 Å². The number of ether oxygens (including phenoxy) is 1. The maximum absolute atomic E-state index is 13.6.